The number of nitrogens with one attached hydrogen (secondary N) is 2. The van der Waals surface area contributed by atoms with Crippen LogP contribution in [0.5, 0.6) is 11.5 Å². The first-order valence-corrected chi connectivity index (χ1v) is 10.0. The largest absolute Gasteiger partial charge is 0.493 e. The Kier molecular flexibility index (Phi) is 6.32. The Morgan fingerprint density at radius 3 is 2.74 bits per heavy atom. The lowest BCUT2D eigenvalue weighted by atomic mass is 10.2. The molecule has 0 atom stereocenters. The van der Waals surface area contributed by atoms with E-state index in [1.165, 1.54) is 7.11 Å². The van der Waals surface area contributed by atoms with Crippen LogP contribution in [0.25, 0.3) is 11.0 Å². The third-order valence-corrected chi connectivity index (χ3v) is 5.00. The lowest BCUT2D eigenvalue weighted by Gasteiger charge is -2.26. The molecule has 1 saturated heterocycles. The first-order valence-electron chi connectivity index (χ1n) is 10.0. The van der Waals surface area contributed by atoms with Crippen molar-refractivity contribution in [2.45, 2.75) is 6.54 Å². The SMILES string of the molecule is COc1cc(C(=O)NCc2nc3ccccc3[nH]2)ccc1OCC(=O)N1CCOCC1. The monoisotopic (exact) mass is 424 g/mol. The fraction of sp³-hybridized carbons (Fsp3) is 0.318. The molecule has 3 aromatic rings. The summed E-state index contributed by atoms with van der Waals surface area (Å²) >= 11 is 0. The van der Waals surface area contributed by atoms with Crippen molar-refractivity contribution in [3.05, 3.63) is 53.9 Å². The predicted molar refractivity (Wildman–Crippen MR) is 113 cm³/mol. The maximum absolute atomic E-state index is 12.6. The molecule has 1 aliphatic rings. The number of nitrogens with zero attached hydrogens (tertiary/aromatic N) is 2. The van der Waals surface area contributed by atoms with Gasteiger partial charge in [-0.2, -0.15) is 0 Å². The number of fused-ring (bicyclic) bond motifs is 1. The number of methoxy groups -OCH3 is 1. The number of morpholine rings is 1. The zero-order valence-electron chi connectivity index (χ0n) is 17.2. The van der Waals surface area contributed by atoms with Crippen molar-refractivity contribution in [2.75, 3.05) is 40.0 Å². The highest BCUT2D eigenvalue weighted by Crippen LogP contribution is 2.28. The van der Waals surface area contributed by atoms with Crippen molar-refractivity contribution in [3.8, 4) is 11.5 Å². The van der Waals surface area contributed by atoms with Crippen LogP contribution in [0.15, 0.2) is 42.5 Å². The normalized spacial score (nSPS) is 13.8. The molecule has 0 saturated carbocycles. The smallest absolute Gasteiger partial charge is 0.260 e. The third-order valence-electron chi connectivity index (χ3n) is 5.00. The van der Waals surface area contributed by atoms with Crippen molar-refractivity contribution in [1.29, 1.82) is 0 Å². The highest BCUT2D eigenvalue weighted by Gasteiger charge is 2.18. The van der Waals surface area contributed by atoms with Crippen molar-refractivity contribution < 1.29 is 23.8 Å². The van der Waals surface area contributed by atoms with E-state index < -0.39 is 0 Å². The molecule has 31 heavy (non-hydrogen) atoms. The molecule has 0 radical (unpaired) electrons. The fourth-order valence-electron chi connectivity index (χ4n) is 3.33. The van der Waals surface area contributed by atoms with Crippen LogP contribution in [0.3, 0.4) is 0 Å². The van der Waals surface area contributed by atoms with Gasteiger partial charge in [0.25, 0.3) is 11.8 Å². The van der Waals surface area contributed by atoms with Crippen LogP contribution in [0.4, 0.5) is 0 Å². The van der Waals surface area contributed by atoms with Gasteiger partial charge in [0.05, 0.1) is 37.9 Å². The van der Waals surface area contributed by atoms with Gasteiger partial charge in [-0.3, -0.25) is 9.59 Å². The molecule has 0 bridgehead atoms. The molecule has 2 aromatic carbocycles. The zero-order chi connectivity index (χ0) is 21.6. The Morgan fingerprint density at radius 1 is 1.16 bits per heavy atom. The average Bonchev–Trinajstić information content (AvgIpc) is 3.24. The van der Waals surface area contributed by atoms with E-state index in [9.17, 15) is 9.59 Å². The molecule has 1 aliphatic heterocycles. The first-order chi connectivity index (χ1) is 15.1. The van der Waals surface area contributed by atoms with E-state index in [2.05, 4.69) is 15.3 Å². The number of rotatable bonds is 7. The van der Waals surface area contributed by atoms with Crippen LogP contribution in [0.1, 0.15) is 16.2 Å². The minimum absolute atomic E-state index is 0.103. The summed E-state index contributed by atoms with van der Waals surface area (Å²) < 4.78 is 16.2. The molecule has 0 spiro atoms. The Labute approximate surface area is 179 Å². The van der Waals surface area contributed by atoms with Crippen LogP contribution >= 0.6 is 0 Å². The molecule has 2 N–H and O–H groups in total. The summed E-state index contributed by atoms with van der Waals surface area (Å²) in [4.78, 5) is 34.2. The van der Waals surface area contributed by atoms with Gasteiger partial charge in [-0.05, 0) is 30.3 Å². The van der Waals surface area contributed by atoms with Gasteiger partial charge < -0.3 is 29.4 Å². The predicted octanol–water partition coefficient (Wildman–Crippen LogP) is 1.74. The minimum atomic E-state index is -0.269. The molecular weight excluding hydrogens is 400 g/mol. The zero-order valence-corrected chi connectivity index (χ0v) is 17.2. The summed E-state index contributed by atoms with van der Waals surface area (Å²) in [5.41, 5.74) is 2.18. The molecule has 4 rings (SSSR count). The molecule has 0 aliphatic carbocycles. The number of amides is 2. The second-order valence-electron chi connectivity index (χ2n) is 7.03. The molecule has 1 fully saturated rings. The number of aromatic amines is 1. The van der Waals surface area contributed by atoms with Crippen LogP contribution in [0.2, 0.25) is 0 Å². The molecule has 1 aromatic heterocycles. The molecule has 0 unspecified atom stereocenters. The van der Waals surface area contributed by atoms with Crippen molar-refractivity contribution in [3.63, 3.8) is 0 Å². The van der Waals surface area contributed by atoms with Gasteiger partial charge in [0.1, 0.15) is 5.82 Å². The first kappa shape index (κ1) is 20.7. The van der Waals surface area contributed by atoms with Gasteiger partial charge in [-0.25, -0.2) is 4.98 Å². The number of benzene rings is 2. The van der Waals surface area contributed by atoms with E-state index in [1.54, 1.807) is 23.1 Å². The van der Waals surface area contributed by atoms with E-state index in [1.807, 2.05) is 24.3 Å². The number of carbonyl (C=O) groups excluding carboxylic acids is 2. The van der Waals surface area contributed by atoms with Gasteiger partial charge in [-0.1, -0.05) is 12.1 Å². The maximum Gasteiger partial charge on any atom is 0.260 e. The van der Waals surface area contributed by atoms with E-state index in [0.29, 0.717) is 49.2 Å². The number of para-hydroxylation sites is 2. The molecule has 2 heterocycles. The van der Waals surface area contributed by atoms with Crippen LogP contribution < -0.4 is 14.8 Å². The van der Waals surface area contributed by atoms with Crippen LogP contribution in [0, 0.1) is 0 Å². The van der Waals surface area contributed by atoms with Gasteiger partial charge >= 0.3 is 0 Å². The quantitative estimate of drug-likeness (QED) is 0.599. The lowest BCUT2D eigenvalue weighted by Crippen LogP contribution is -2.43. The Balaban J connectivity index is 1.36. The highest BCUT2D eigenvalue weighted by molar-refractivity contribution is 5.94. The Hall–Kier alpha value is -3.59. The number of hydrogen-bond acceptors (Lipinski definition) is 6. The fourth-order valence-corrected chi connectivity index (χ4v) is 3.33. The lowest BCUT2D eigenvalue weighted by molar-refractivity contribution is -0.137. The Bertz CT molecular complexity index is 1040. The van der Waals surface area contributed by atoms with Crippen LogP contribution in [-0.2, 0) is 16.1 Å². The van der Waals surface area contributed by atoms with Crippen molar-refractivity contribution in [1.82, 2.24) is 20.2 Å². The standard InChI is InChI=1S/C22H24N4O5/c1-29-19-12-15(6-7-18(19)31-14-21(27)26-8-10-30-11-9-26)22(28)23-13-20-24-16-4-2-3-5-17(16)25-20/h2-7,12H,8-11,13-14H2,1H3,(H,23,28)(H,24,25). The summed E-state index contributed by atoms with van der Waals surface area (Å²) in [6, 6.07) is 12.5. The van der Waals surface area contributed by atoms with Crippen molar-refractivity contribution >= 4 is 22.8 Å². The number of imidazole rings is 1. The number of ether oxygens (including phenoxy) is 3. The maximum atomic E-state index is 12.6. The number of hydrogen-bond donors (Lipinski definition) is 2. The minimum Gasteiger partial charge on any atom is -0.493 e. The second-order valence-corrected chi connectivity index (χ2v) is 7.03. The van der Waals surface area contributed by atoms with Gasteiger partial charge in [-0.15, -0.1) is 0 Å². The number of H-pyrrole nitrogens is 1. The summed E-state index contributed by atoms with van der Waals surface area (Å²) in [6.45, 7) is 2.35. The summed E-state index contributed by atoms with van der Waals surface area (Å²) in [5, 5.41) is 2.84. The molecule has 162 valence electrons. The Morgan fingerprint density at radius 2 is 1.97 bits per heavy atom. The second kappa shape index (κ2) is 9.48. The molecular formula is C22H24N4O5. The molecule has 2 amide bonds. The van der Waals surface area contributed by atoms with Crippen molar-refractivity contribution in [2.24, 2.45) is 0 Å². The summed E-state index contributed by atoms with van der Waals surface area (Å²) in [6.07, 6.45) is 0. The highest BCUT2D eigenvalue weighted by atomic mass is 16.5. The summed E-state index contributed by atoms with van der Waals surface area (Å²) in [5.74, 6) is 1.07. The number of aromatic nitrogens is 2. The third kappa shape index (κ3) is 4.95. The van der Waals surface area contributed by atoms with Gasteiger partial charge in [0, 0.05) is 18.7 Å². The number of carbonyl (C=O) groups is 2. The summed E-state index contributed by atoms with van der Waals surface area (Å²) in [7, 11) is 1.49. The topological polar surface area (TPSA) is 106 Å². The van der Waals surface area contributed by atoms with Gasteiger partial charge in [0.15, 0.2) is 18.1 Å². The van der Waals surface area contributed by atoms with Gasteiger partial charge in [0.2, 0.25) is 0 Å². The van der Waals surface area contributed by atoms with E-state index >= 15 is 0 Å². The van der Waals surface area contributed by atoms with E-state index in [-0.39, 0.29) is 25.0 Å². The molecule has 9 heteroatoms. The average molecular weight is 424 g/mol. The van der Waals surface area contributed by atoms with E-state index in [0.717, 1.165) is 11.0 Å². The van der Waals surface area contributed by atoms with Crippen LogP contribution in [-0.4, -0.2) is 66.7 Å². The molecule has 9 nitrogen and oxygen atoms in total. The van der Waals surface area contributed by atoms with E-state index in [4.69, 9.17) is 14.2 Å².